The lowest BCUT2D eigenvalue weighted by Crippen LogP contribution is -2.46. The number of nitrogens with zero attached hydrogens (tertiary/aromatic N) is 4. The number of hydrogen-bond donors (Lipinski definition) is 1. The minimum Gasteiger partial charge on any atom is -0.450 e. The van der Waals surface area contributed by atoms with Gasteiger partial charge < -0.3 is 24.7 Å². The van der Waals surface area contributed by atoms with Crippen LogP contribution in [0.2, 0.25) is 0 Å². The van der Waals surface area contributed by atoms with Crippen LogP contribution in [0.5, 0.6) is 5.75 Å². The maximum absolute atomic E-state index is 14.4. The fraction of sp³-hybridized carbons (Fsp3) is 0.250. The number of hydrogen-bond acceptors (Lipinski definition) is 9. The van der Waals surface area contributed by atoms with Gasteiger partial charge in [0.05, 0.1) is 26.1 Å². The van der Waals surface area contributed by atoms with Crippen molar-refractivity contribution in [1.82, 2.24) is 19.5 Å². The van der Waals surface area contributed by atoms with Crippen LogP contribution in [-0.4, -0.2) is 42.9 Å². The van der Waals surface area contributed by atoms with Crippen molar-refractivity contribution >= 4 is 34.3 Å². The molecule has 1 aliphatic heterocycles. The van der Waals surface area contributed by atoms with Gasteiger partial charge in [0.15, 0.2) is 28.3 Å². The molecule has 0 radical (unpaired) electrons. The Balaban J connectivity index is 1.39. The molecule has 0 spiro atoms. The van der Waals surface area contributed by atoms with E-state index < -0.39 is 29.9 Å². The lowest BCUT2D eigenvalue weighted by molar-refractivity contribution is -0.145. The Bertz CT molecular complexity index is 1690. The van der Waals surface area contributed by atoms with Crippen LogP contribution in [0.3, 0.4) is 0 Å². The number of fused-ring (bicyclic) bond motifs is 1. The number of benzene rings is 3. The van der Waals surface area contributed by atoms with Crippen molar-refractivity contribution in [3.8, 4) is 5.75 Å². The van der Waals surface area contributed by atoms with Crippen molar-refractivity contribution < 1.29 is 23.3 Å². The van der Waals surface area contributed by atoms with Crippen LogP contribution in [0.1, 0.15) is 24.3 Å². The summed E-state index contributed by atoms with van der Waals surface area (Å²) in [6, 6.07) is 28.9. The highest BCUT2D eigenvalue weighted by atomic mass is 32.1. The summed E-state index contributed by atoms with van der Waals surface area (Å²) in [5, 5.41) is 0.227. The first-order valence-corrected chi connectivity index (χ1v) is 14.2. The lowest BCUT2D eigenvalue weighted by Gasteiger charge is -2.32. The predicted molar refractivity (Wildman–Crippen MR) is 162 cm³/mol. The highest BCUT2D eigenvalue weighted by molar-refractivity contribution is 7.80. The van der Waals surface area contributed by atoms with Gasteiger partial charge in [0, 0.05) is 0 Å². The highest BCUT2D eigenvalue weighted by Gasteiger charge is 2.57. The average molecular weight is 600 g/mol. The molecule has 1 aliphatic rings. The molecular weight excluding hydrogens is 569 g/mol. The maximum Gasteiger partial charge on any atom is 0.312 e. The molecule has 43 heavy (non-hydrogen) atoms. The second-order valence-corrected chi connectivity index (χ2v) is 10.9. The summed E-state index contributed by atoms with van der Waals surface area (Å²) in [6.45, 7) is 2.73. The fourth-order valence-corrected chi connectivity index (χ4v) is 5.62. The summed E-state index contributed by atoms with van der Waals surface area (Å²) in [5.41, 5.74) is 7.36. The van der Waals surface area contributed by atoms with E-state index in [2.05, 4.69) is 15.0 Å². The van der Waals surface area contributed by atoms with Crippen LogP contribution in [0.25, 0.3) is 11.2 Å². The van der Waals surface area contributed by atoms with Crippen LogP contribution in [0, 0.1) is 12.0 Å². The normalized spacial score (nSPS) is 21.7. The molecule has 11 heteroatoms. The lowest BCUT2D eigenvalue weighted by atomic mass is 9.91. The van der Waals surface area contributed by atoms with E-state index in [1.807, 2.05) is 97.9 Å². The Labute approximate surface area is 253 Å². The number of aromatic nitrogens is 4. The zero-order valence-electron chi connectivity index (χ0n) is 23.4. The van der Waals surface area contributed by atoms with E-state index in [1.165, 1.54) is 6.33 Å². The summed E-state index contributed by atoms with van der Waals surface area (Å²) in [5.74, 6) is -0.180. The first-order chi connectivity index (χ1) is 20.9. The van der Waals surface area contributed by atoms with E-state index in [1.54, 1.807) is 4.57 Å². The third-order valence-electron chi connectivity index (χ3n) is 7.33. The molecule has 9 nitrogen and oxygen atoms in total. The van der Waals surface area contributed by atoms with Crippen molar-refractivity contribution in [2.24, 2.45) is 5.92 Å². The van der Waals surface area contributed by atoms with E-state index in [9.17, 15) is 4.39 Å². The van der Waals surface area contributed by atoms with Crippen LogP contribution in [0.15, 0.2) is 97.3 Å². The minimum absolute atomic E-state index is 0.0789. The molecule has 3 heterocycles. The number of imidazole rings is 1. The summed E-state index contributed by atoms with van der Waals surface area (Å²) in [4.78, 5) is 12.0. The van der Waals surface area contributed by atoms with Gasteiger partial charge >= 0.3 is 6.08 Å². The van der Waals surface area contributed by atoms with Gasteiger partial charge in [-0.05, 0) is 42.4 Å². The van der Waals surface area contributed by atoms with Gasteiger partial charge in [-0.3, -0.25) is 4.57 Å². The number of anilines is 1. The van der Waals surface area contributed by atoms with Crippen LogP contribution >= 0.6 is 12.2 Å². The molecule has 0 amide bonds. The molecule has 220 valence electrons. The standard InChI is InChI=1S/C32H30FN5O4S/c1-32(19-39-17-21-11-5-2-6-12-21)26(40-18-22-13-7-3-8-14-22)24(30(43)41-23-15-9-4-10-16-23)29(42-32)38-20-35-25-27(34)36-31(33)37-28(25)38/h2-16,20,24,26,29H,17-19H2,1H3,(H2,34,36,37)/t24-,26+,29-,32-/m1/s1. The number of rotatable bonds is 10. The molecule has 2 aromatic heterocycles. The van der Waals surface area contributed by atoms with Crippen molar-refractivity contribution in [1.29, 1.82) is 0 Å². The number of nitrogens with two attached hydrogens (primary N) is 1. The Morgan fingerprint density at radius 2 is 1.58 bits per heavy atom. The number of para-hydroxylation sites is 1. The van der Waals surface area contributed by atoms with Gasteiger partial charge in [0.1, 0.15) is 23.4 Å². The van der Waals surface area contributed by atoms with Crippen LogP contribution in [-0.2, 0) is 27.4 Å². The first-order valence-electron chi connectivity index (χ1n) is 13.8. The molecule has 1 saturated heterocycles. The molecule has 0 unspecified atom stereocenters. The third kappa shape index (κ3) is 6.25. The zero-order chi connectivity index (χ0) is 29.8. The topological polar surface area (TPSA) is 107 Å². The summed E-state index contributed by atoms with van der Waals surface area (Å²) in [7, 11) is 0. The fourth-order valence-electron chi connectivity index (χ4n) is 5.29. The molecule has 1 fully saturated rings. The van der Waals surface area contributed by atoms with E-state index in [0.29, 0.717) is 12.4 Å². The highest BCUT2D eigenvalue weighted by Crippen LogP contribution is 2.46. The first kappa shape index (κ1) is 28.8. The van der Waals surface area contributed by atoms with Gasteiger partial charge in [0.2, 0.25) is 0 Å². The largest absolute Gasteiger partial charge is 0.450 e. The molecule has 5 aromatic rings. The Kier molecular flexibility index (Phi) is 8.39. The van der Waals surface area contributed by atoms with Crippen molar-refractivity contribution in [2.45, 2.75) is 38.1 Å². The minimum atomic E-state index is -1.02. The Morgan fingerprint density at radius 3 is 2.26 bits per heavy atom. The molecule has 0 bridgehead atoms. The zero-order valence-corrected chi connectivity index (χ0v) is 24.2. The second-order valence-electron chi connectivity index (χ2n) is 10.5. The molecule has 2 N–H and O–H groups in total. The summed E-state index contributed by atoms with van der Waals surface area (Å²) < 4.78 is 41.8. The van der Waals surface area contributed by atoms with Crippen molar-refractivity contribution in [3.05, 3.63) is 115 Å². The Hall–Kier alpha value is -4.29. The molecule has 4 atom stereocenters. The smallest absolute Gasteiger partial charge is 0.312 e. The van der Waals surface area contributed by atoms with Gasteiger partial charge in [-0.25, -0.2) is 4.98 Å². The van der Waals surface area contributed by atoms with E-state index in [4.69, 9.17) is 36.9 Å². The van der Waals surface area contributed by atoms with Crippen molar-refractivity contribution in [2.75, 3.05) is 12.3 Å². The molecule has 0 saturated carbocycles. The number of nitrogen functional groups attached to an aromatic ring is 1. The molecule has 3 aromatic carbocycles. The van der Waals surface area contributed by atoms with E-state index in [-0.39, 0.29) is 35.2 Å². The summed E-state index contributed by atoms with van der Waals surface area (Å²) in [6.07, 6.45) is -0.981. The maximum atomic E-state index is 14.4. The number of ether oxygens (including phenoxy) is 4. The quantitative estimate of drug-likeness (QED) is 0.161. The molecule has 6 rings (SSSR count). The monoisotopic (exact) mass is 599 g/mol. The van der Waals surface area contributed by atoms with Gasteiger partial charge in [0.25, 0.3) is 0 Å². The molecular formula is C32H30FN5O4S. The second kappa shape index (κ2) is 12.5. The molecule has 0 aliphatic carbocycles. The number of halogens is 1. The summed E-state index contributed by atoms with van der Waals surface area (Å²) >= 11 is 5.93. The van der Waals surface area contributed by atoms with E-state index in [0.717, 1.165) is 11.1 Å². The van der Waals surface area contributed by atoms with Crippen LogP contribution < -0.4 is 10.5 Å². The van der Waals surface area contributed by atoms with Gasteiger partial charge in [-0.15, -0.1) is 0 Å². The van der Waals surface area contributed by atoms with E-state index >= 15 is 0 Å². The SMILES string of the molecule is C[C@]1(COCc2ccccc2)O[C@@H](n2cnc3c(N)nc(F)nc32)[C@H](C(=S)Oc2ccccc2)[C@@H]1OCc1ccccc1. The number of thiocarbonyl (C=S) groups is 1. The third-order valence-corrected chi connectivity index (χ3v) is 7.68. The Morgan fingerprint density at radius 1 is 0.953 bits per heavy atom. The van der Waals surface area contributed by atoms with Crippen LogP contribution in [0.4, 0.5) is 10.2 Å². The van der Waals surface area contributed by atoms with Crippen molar-refractivity contribution in [3.63, 3.8) is 0 Å². The van der Waals surface area contributed by atoms with Gasteiger partial charge in [-0.2, -0.15) is 14.4 Å². The average Bonchev–Trinajstić information content (AvgIpc) is 3.56. The van der Waals surface area contributed by atoms with Gasteiger partial charge in [-0.1, -0.05) is 78.9 Å². The predicted octanol–water partition coefficient (Wildman–Crippen LogP) is 5.66.